The molecule has 0 atom stereocenters. The average molecular weight is 356 g/mol. The topological polar surface area (TPSA) is 20.3 Å². The summed E-state index contributed by atoms with van der Waals surface area (Å²) >= 11 is 2.99. The lowest BCUT2D eigenvalue weighted by Gasteiger charge is -2.16. The van der Waals surface area contributed by atoms with Gasteiger partial charge in [-0.1, -0.05) is 22.0 Å². The van der Waals surface area contributed by atoms with Gasteiger partial charge in [0.1, 0.15) is 17.5 Å². The third kappa shape index (κ3) is 2.44. The number of carbonyl (C=O) groups is 1. The van der Waals surface area contributed by atoms with Crippen molar-refractivity contribution in [2.45, 2.75) is 13.1 Å². The lowest BCUT2D eigenvalue weighted by atomic mass is 10.1. The summed E-state index contributed by atoms with van der Waals surface area (Å²) in [6.07, 6.45) is 0. The predicted octanol–water partition coefficient (Wildman–Crippen LogP) is 4.02. The standard InChI is InChI=1S/C15H9BrF3NO/c16-8-4-13(18)11(14(19)5-8)7-20-6-10-9(15(20)21)2-1-3-12(10)17/h1-5H,6-7H2. The Balaban J connectivity index is 1.92. The molecule has 2 nitrogen and oxygen atoms in total. The van der Waals surface area contributed by atoms with Crippen LogP contribution in [0.1, 0.15) is 21.5 Å². The van der Waals surface area contributed by atoms with E-state index in [-0.39, 0.29) is 34.3 Å². The first-order chi connectivity index (χ1) is 9.97. The summed E-state index contributed by atoms with van der Waals surface area (Å²) in [7, 11) is 0. The third-order valence-corrected chi connectivity index (χ3v) is 3.90. The highest BCUT2D eigenvalue weighted by molar-refractivity contribution is 9.10. The van der Waals surface area contributed by atoms with Crippen LogP contribution < -0.4 is 0 Å². The summed E-state index contributed by atoms with van der Waals surface area (Å²) in [5, 5.41) is 0. The zero-order valence-electron chi connectivity index (χ0n) is 10.7. The third-order valence-electron chi connectivity index (χ3n) is 3.44. The number of rotatable bonds is 2. The van der Waals surface area contributed by atoms with Crippen LogP contribution in [0.3, 0.4) is 0 Å². The molecule has 0 aliphatic carbocycles. The Morgan fingerprint density at radius 1 is 1.10 bits per heavy atom. The van der Waals surface area contributed by atoms with Gasteiger partial charge in [0.2, 0.25) is 0 Å². The molecule has 0 unspecified atom stereocenters. The molecule has 0 N–H and O–H groups in total. The Kier molecular flexibility index (Phi) is 3.49. The molecule has 1 amide bonds. The molecule has 0 bridgehead atoms. The molecule has 6 heteroatoms. The van der Waals surface area contributed by atoms with Crippen LogP contribution in [0.15, 0.2) is 34.8 Å². The van der Waals surface area contributed by atoms with Gasteiger partial charge in [0, 0.05) is 21.2 Å². The van der Waals surface area contributed by atoms with E-state index in [2.05, 4.69) is 15.9 Å². The molecule has 108 valence electrons. The minimum Gasteiger partial charge on any atom is -0.330 e. The molecular weight excluding hydrogens is 347 g/mol. The van der Waals surface area contributed by atoms with Crippen molar-refractivity contribution in [1.82, 2.24) is 4.90 Å². The minimum absolute atomic E-state index is 0.00971. The number of hydrogen-bond donors (Lipinski definition) is 0. The molecule has 3 rings (SSSR count). The quantitative estimate of drug-likeness (QED) is 0.796. The number of carbonyl (C=O) groups excluding carboxylic acids is 1. The summed E-state index contributed by atoms with van der Waals surface area (Å²) in [6, 6.07) is 6.47. The Labute approximate surface area is 127 Å². The first-order valence-corrected chi connectivity index (χ1v) is 6.96. The van der Waals surface area contributed by atoms with Gasteiger partial charge in [0.25, 0.3) is 5.91 Å². The lowest BCUT2D eigenvalue weighted by Crippen LogP contribution is -2.24. The largest absolute Gasteiger partial charge is 0.330 e. The van der Waals surface area contributed by atoms with Crippen molar-refractivity contribution in [2.75, 3.05) is 0 Å². The molecule has 0 fully saturated rings. The summed E-state index contributed by atoms with van der Waals surface area (Å²) in [4.78, 5) is 13.4. The molecule has 2 aromatic carbocycles. The van der Waals surface area contributed by atoms with Crippen LogP contribution in [0.25, 0.3) is 0 Å². The second-order valence-corrected chi connectivity index (χ2v) is 5.69. The van der Waals surface area contributed by atoms with Gasteiger partial charge >= 0.3 is 0 Å². The van der Waals surface area contributed by atoms with Gasteiger partial charge in [-0.15, -0.1) is 0 Å². The van der Waals surface area contributed by atoms with Gasteiger partial charge in [-0.2, -0.15) is 0 Å². The first-order valence-electron chi connectivity index (χ1n) is 6.17. The van der Waals surface area contributed by atoms with E-state index in [4.69, 9.17) is 0 Å². The van der Waals surface area contributed by atoms with E-state index in [1.54, 1.807) is 0 Å². The molecule has 0 aromatic heterocycles. The molecule has 0 spiro atoms. The van der Waals surface area contributed by atoms with Crippen molar-refractivity contribution in [3.8, 4) is 0 Å². The van der Waals surface area contributed by atoms with E-state index in [0.29, 0.717) is 0 Å². The molecule has 0 saturated carbocycles. The minimum atomic E-state index is -0.744. The van der Waals surface area contributed by atoms with Crippen LogP contribution in [0, 0.1) is 17.5 Å². The molecule has 1 aliphatic heterocycles. The summed E-state index contributed by atoms with van der Waals surface area (Å²) in [5.41, 5.74) is 0.299. The van der Waals surface area contributed by atoms with Crippen LogP contribution in [0.5, 0.6) is 0 Å². The fraction of sp³-hybridized carbons (Fsp3) is 0.133. The van der Waals surface area contributed by atoms with Gasteiger partial charge in [0.15, 0.2) is 0 Å². The highest BCUT2D eigenvalue weighted by Crippen LogP contribution is 2.28. The van der Waals surface area contributed by atoms with Gasteiger partial charge < -0.3 is 4.90 Å². The molecule has 21 heavy (non-hydrogen) atoms. The van der Waals surface area contributed by atoms with Gasteiger partial charge in [0.05, 0.1) is 13.1 Å². The number of fused-ring (bicyclic) bond motifs is 1. The lowest BCUT2D eigenvalue weighted by molar-refractivity contribution is 0.0763. The van der Waals surface area contributed by atoms with Gasteiger partial charge in [-0.25, -0.2) is 13.2 Å². The van der Waals surface area contributed by atoms with E-state index >= 15 is 0 Å². The van der Waals surface area contributed by atoms with Crippen LogP contribution in [-0.4, -0.2) is 10.8 Å². The zero-order chi connectivity index (χ0) is 15.1. The highest BCUT2D eigenvalue weighted by Gasteiger charge is 2.30. The Hall–Kier alpha value is -1.82. The maximum Gasteiger partial charge on any atom is 0.254 e. The second kappa shape index (κ2) is 5.18. The van der Waals surface area contributed by atoms with E-state index < -0.39 is 23.4 Å². The van der Waals surface area contributed by atoms with Crippen LogP contribution in [0.2, 0.25) is 0 Å². The fourth-order valence-electron chi connectivity index (χ4n) is 2.39. The van der Waals surface area contributed by atoms with E-state index in [0.717, 1.165) is 12.1 Å². The van der Waals surface area contributed by atoms with Crippen molar-refractivity contribution >= 4 is 21.8 Å². The van der Waals surface area contributed by atoms with Crippen molar-refractivity contribution < 1.29 is 18.0 Å². The molecule has 1 heterocycles. The van der Waals surface area contributed by atoms with E-state index in [1.165, 1.54) is 23.1 Å². The van der Waals surface area contributed by atoms with Crippen molar-refractivity contribution in [3.05, 3.63) is 68.9 Å². The number of hydrogen-bond acceptors (Lipinski definition) is 1. The fourth-order valence-corrected chi connectivity index (χ4v) is 2.80. The SMILES string of the molecule is O=C1c2cccc(F)c2CN1Cc1c(F)cc(Br)cc1F. The van der Waals surface area contributed by atoms with Crippen molar-refractivity contribution in [1.29, 1.82) is 0 Å². The summed E-state index contributed by atoms with van der Waals surface area (Å²) in [6.45, 7) is -0.228. The molecule has 2 aromatic rings. The molecular formula is C15H9BrF3NO. The molecule has 0 radical (unpaired) electrons. The first kappa shape index (κ1) is 14.1. The molecule has 1 aliphatic rings. The molecule has 0 saturated heterocycles. The average Bonchev–Trinajstić information content (AvgIpc) is 2.73. The Bertz CT molecular complexity index is 725. The Morgan fingerprint density at radius 2 is 1.76 bits per heavy atom. The maximum absolute atomic E-state index is 13.8. The smallest absolute Gasteiger partial charge is 0.254 e. The van der Waals surface area contributed by atoms with E-state index in [1.807, 2.05) is 0 Å². The van der Waals surface area contributed by atoms with Crippen LogP contribution in [0.4, 0.5) is 13.2 Å². The van der Waals surface area contributed by atoms with Crippen molar-refractivity contribution in [3.63, 3.8) is 0 Å². The highest BCUT2D eigenvalue weighted by atomic mass is 79.9. The van der Waals surface area contributed by atoms with Crippen molar-refractivity contribution in [2.24, 2.45) is 0 Å². The number of halogens is 4. The summed E-state index contributed by atoms with van der Waals surface area (Å²) < 4.78 is 41.6. The second-order valence-electron chi connectivity index (χ2n) is 4.78. The monoisotopic (exact) mass is 355 g/mol. The number of amides is 1. The Morgan fingerprint density at radius 3 is 2.38 bits per heavy atom. The zero-order valence-corrected chi connectivity index (χ0v) is 12.3. The summed E-state index contributed by atoms with van der Waals surface area (Å²) in [5.74, 6) is -2.40. The van der Waals surface area contributed by atoms with Gasteiger partial charge in [-0.05, 0) is 24.3 Å². The van der Waals surface area contributed by atoms with Crippen LogP contribution >= 0.6 is 15.9 Å². The maximum atomic E-state index is 13.8. The number of benzene rings is 2. The number of nitrogens with zero attached hydrogens (tertiary/aromatic N) is 1. The van der Waals surface area contributed by atoms with E-state index in [9.17, 15) is 18.0 Å². The van der Waals surface area contributed by atoms with Crippen LogP contribution in [-0.2, 0) is 13.1 Å². The normalized spacial score (nSPS) is 13.7. The van der Waals surface area contributed by atoms with Gasteiger partial charge in [-0.3, -0.25) is 4.79 Å². The predicted molar refractivity (Wildman–Crippen MR) is 74.0 cm³/mol.